The molecule has 1 aromatic carbocycles. The number of ketones is 1. The Morgan fingerprint density at radius 3 is 2.52 bits per heavy atom. The van der Waals surface area contributed by atoms with Crippen LogP contribution in [0, 0.1) is 6.92 Å². The van der Waals surface area contributed by atoms with Crippen molar-refractivity contribution in [3.8, 4) is 0 Å². The van der Waals surface area contributed by atoms with Gasteiger partial charge in [-0.25, -0.2) is 14.6 Å². The lowest BCUT2D eigenvalue weighted by atomic mass is 10.1. The zero-order valence-electron chi connectivity index (χ0n) is 15.6. The zero-order chi connectivity index (χ0) is 19.6. The number of benzene rings is 1. The van der Waals surface area contributed by atoms with Crippen LogP contribution in [0.3, 0.4) is 0 Å². The van der Waals surface area contributed by atoms with E-state index in [4.69, 9.17) is 0 Å². The number of hydrogen-bond donors (Lipinski definition) is 0. The highest BCUT2D eigenvalue weighted by atomic mass is 32.2. The number of fused-ring (bicyclic) bond motifs is 1. The van der Waals surface area contributed by atoms with Crippen molar-refractivity contribution in [2.45, 2.75) is 30.7 Å². The highest BCUT2D eigenvalue weighted by Gasteiger charge is 2.28. The Morgan fingerprint density at radius 1 is 1.19 bits per heavy atom. The summed E-state index contributed by atoms with van der Waals surface area (Å²) < 4.78 is 1.68. The first-order valence-electron chi connectivity index (χ1n) is 8.35. The Balaban J connectivity index is 1.92. The van der Waals surface area contributed by atoms with Crippen LogP contribution in [-0.2, 0) is 16.1 Å². The summed E-state index contributed by atoms with van der Waals surface area (Å²) in [5.41, 5.74) is 3.30. The molecule has 8 nitrogen and oxygen atoms in total. The fraction of sp³-hybridized carbons (Fsp3) is 0.333. The Hall–Kier alpha value is -2.81. The van der Waals surface area contributed by atoms with Crippen molar-refractivity contribution in [2.75, 3.05) is 14.1 Å². The number of thioether (sulfide) groups is 1. The van der Waals surface area contributed by atoms with Crippen LogP contribution in [0.2, 0.25) is 0 Å². The first kappa shape index (κ1) is 19.0. The molecule has 0 fully saturated rings. The molecule has 0 saturated heterocycles. The molecule has 1 atom stereocenters. The maximum Gasteiger partial charge on any atom is 0.243 e. The van der Waals surface area contributed by atoms with Crippen molar-refractivity contribution in [2.24, 2.45) is 0 Å². The van der Waals surface area contributed by atoms with Gasteiger partial charge in [-0.2, -0.15) is 0 Å². The molecule has 3 aromatic rings. The van der Waals surface area contributed by atoms with Crippen LogP contribution in [0.15, 0.2) is 35.6 Å². The van der Waals surface area contributed by atoms with Gasteiger partial charge in [0.1, 0.15) is 16.6 Å². The molecule has 9 heteroatoms. The molecule has 1 amide bonds. The van der Waals surface area contributed by atoms with Gasteiger partial charge in [0, 0.05) is 14.1 Å². The molecule has 0 unspecified atom stereocenters. The summed E-state index contributed by atoms with van der Waals surface area (Å²) in [5.74, 6) is -0.524. The Bertz CT molecular complexity index is 983. The van der Waals surface area contributed by atoms with Crippen molar-refractivity contribution in [1.29, 1.82) is 0 Å². The summed E-state index contributed by atoms with van der Waals surface area (Å²) in [6.45, 7) is 3.95. The van der Waals surface area contributed by atoms with Gasteiger partial charge in [0.2, 0.25) is 5.91 Å². The first-order valence-corrected chi connectivity index (χ1v) is 9.23. The third-order valence-corrected chi connectivity index (χ3v) is 5.27. The second-order valence-electron chi connectivity index (χ2n) is 6.42. The number of carbonyl (C=O) groups is 2. The lowest BCUT2D eigenvalue weighted by Crippen LogP contribution is -2.36. The average Bonchev–Trinajstić information content (AvgIpc) is 3.04. The van der Waals surface area contributed by atoms with Crippen molar-refractivity contribution in [1.82, 2.24) is 29.9 Å². The molecule has 27 heavy (non-hydrogen) atoms. The maximum atomic E-state index is 12.3. The second kappa shape index (κ2) is 7.83. The molecule has 0 bridgehead atoms. The predicted octanol–water partition coefficient (Wildman–Crippen LogP) is 1.72. The van der Waals surface area contributed by atoms with Gasteiger partial charge in [0.05, 0.1) is 6.54 Å². The zero-order valence-corrected chi connectivity index (χ0v) is 16.4. The number of rotatable bonds is 6. The number of Topliss-reactive ketones (excluding diaryl/α,β-unsaturated/α-hetero) is 1. The van der Waals surface area contributed by atoms with Crippen LogP contribution in [0.4, 0.5) is 0 Å². The number of nitrogens with zero attached hydrogens (tertiary/aromatic N) is 6. The van der Waals surface area contributed by atoms with Gasteiger partial charge in [0.25, 0.3) is 0 Å². The van der Waals surface area contributed by atoms with E-state index in [1.807, 2.05) is 31.2 Å². The normalized spacial score (nSPS) is 12.1. The summed E-state index contributed by atoms with van der Waals surface area (Å²) in [4.78, 5) is 34.1. The van der Waals surface area contributed by atoms with E-state index >= 15 is 0 Å². The fourth-order valence-electron chi connectivity index (χ4n) is 2.48. The van der Waals surface area contributed by atoms with Gasteiger partial charge in [-0.05, 0) is 19.4 Å². The number of aromatic nitrogens is 5. The van der Waals surface area contributed by atoms with Crippen molar-refractivity contribution in [3.63, 3.8) is 0 Å². The van der Waals surface area contributed by atoms with E-state index in [0.717, 1.165) is 17.3 Å². The van der Waals surface area contributed by atoms with Gasteiger partial charge in [-0.3, -0.25) is 9.59 Å². The summed E-state index contributed by atoms with van der Waals surface area (Å²) in [7, 11) is 3.23. The van der Waals surface area contributed by atoms with E-state index in [1.165, 1.54) is 23.7 Å². The fourth-order valence-corrected chi connectivity index (χ4v) is 3.54. The maximum absolute atomic E-state index is 12.3. The van der Waals surface area contributed by atoms with Gasteiger partial charge < -0.3 is 4.90 Å². The lowest BCUT2D eigenvalue weighted by molar-refractivity contribution is -0.132. The minimum atomic E-state index is -0.875. The van der Waals surface area contributed by atoms with Crippen LogP contribution in [0.5, 0.6) is 0 Å². The molecule has 0 aliphatic carbocycles. The quantitative estimate of drug-likeness (QED) is 0.363. The van der Waals surface area contributed by atoms with Gasteiger partial charge in [-0.1, -0.05) is 46.8 Å². The number of amides is 1. The van der Waals surface area contributed by atoms with Crippen LogP contribution in [-0.4, -0.2) is 60.9 Å². The van der Waals surface area contributed by atoms with E-state index in [-0.39, 0.29) is 11.7 Å². The molecule has 0 spiro atoms. The highest BCUT2D eigenvalue weighted by molar-refractivity contribution is 8.01. The largest absolute Gasteiger partial charge is 0.347 e. The molecule has 0 radical (unpaired) electrons. The Morgan fingerprint density at radius 2 is 1.89 bits per heavy atom. The smallest absolute Gasteiger partial charge is 0.243 e. The monoisotopic (exact) mass is 384 g/mol. The summed E-state index contributed by atoms with van der Waals surface area (Å²) in [5, 5.41) is 7.94. The van der Waals surface area contributed by atoms with Crippen LogP contribution in [0.25, 0.3) is 11.2 Å². The molecule has 140 valence electrons. The molecular formula is C18H20N6O2S. The van der Waals surface area contributed by atoms with Crippen molar-refractivity contribution < 1.29 is 9.59 Å². The van der Waals surface area contributed by atoms with Crippen molar-refractivity contribution in [3.05, 3.63) is 41.7 Å². The Labute approximate surface area is 161 Å². The topological polar surface area (TPSA) is 93.9 Å². The molecule has 0 aliphatic rings. The van der Waals surface area contributed by atoms with Crippen LogP contribution >= 0.6 is 11.8 Å². The molecule has 0 aliphatic heterocycles. The van der Waals surface area contributed by atoms with Crippen LogP contribution < -0.4 is 0 Å². The third kappa shape index (κ3) is 4.13. The number of aryl methyl sites for hydroxylation is 1. The summed E-state index contributed by atoms with van der Waals surface area (Å²) in [6, 6.07) is 8.13. The molecule has 2 aromatic heterocycles. The summed E-state index contributed by atoms with van der Waals surface area (Å²) in [6.07, 6.45) is 1.40. The Kier molecular flexibility index (Phi) is 5.50. The van der Waals surface area contributed by atoms with Gasteiger partial charge in [-0.15, -0.1) is 5.10 Å². The van der Waals surface area contributed by atoms with E-state index in [2.05, 4.69) is 20.3 Å². The second-order valence-corrected chi connectivity index (χ2v) is 7.52. The highest BCUT2D eigenvalue weighted by Crippen LogP contribution is 2.28. The minimum absolute atomic E-state index is 0.238. The SMILES string of the molecule is CC(=O)[C@H](Sc1ncnc2c1nnn2Cc1ccc(C)cc1)C(=O)N(C)C. The average molecular weight is 384 g/mol. The molecule has 2 heterocycles. The predicted molar refractivity (Wildman–Crippen MR) is 102 cm³/mol. The van der Waals surface area contributed by atoms with E-state index in [9.17, 15) is 9.59 Å². The standard InChI is InChI=1S/C18H20N6O2S/c1-11-5-7-13(8-6-11)9-24-16-14(21-22-24)17(20-10-19-16)27-15(12(2)25)18(26)23(3)4/h5-8,10,15H,9H2,1-4H3/t15-/m0/s1. The van der Waals surface area contributed by atoms with E-state index in [1.54, 1.807) is 18.8 Å². The molecule has 0 saturated carbocycles. The minimum Gasteiger partial charge on any atom is -0.347 e. The van der Waals surface area contributed by atoms with E-state index < -0.39 is 5.25 Å². The first-order chi connectivity index (χ1) is 12.9. The lowest BCUT2D eigenvalue weighted by Gasteiger charge is -2.17. The molecular weight excluding hydrogens is 364 g/mol. The number of carbonyl (C=O) groups excluding carboxylic acids is 2. The van der Waals surface area contributed by atoms with Crippen LogP contribution in [0.1, 0.15) is 18.1 Å². The molecule has 0 N–H and O–H groups in total. The number of hydrogen-bond acceptors (Lipinski definition) is 7. The third-order valence-electron chi connectivity index (χ3n) is 3.98. The van der Waals surface area contributed by atoms with Gasteiger partial charge >= 0.3 is 0 Å². The summed E-state index contributed by atoms with van der Waals surface area (Å²) >= 11 is 1.08. The van der Waals surface area contributed by atoms with Gasteiger partial charge in [0.15, 0.2) is 16.9 Å². The van der Waals surface area contributed by atoms with E-state index in [0.29, 0.717) is 22.7 Å². The molecule has 3 rings (SSSR count). The van der Waals surface area contributed by atoms with Crippen molar-refractivity contribution >= 4 is 34.6 Å².